The fourth-order valence-corrected chi connectivity index (χ4v) is 3.08. The fraction of sp³-hybridized carbons (Fsp3) is 0.667. The van der Waals surface area contributed by atoms with E-state index >= 15 is 0 Å². The molecule has 1 aromatic rings. The molecule has 2 rings (SSSR count). The van der Waals surface area contributed by atoms with E-state index in [0.29, 0.717) is 19.3 Å². The van der Waals surface area contributed by atoms with Gasteiger partial charge < -0.3 is 15.2 Å². The summed E-state index contributed by atoms with van der Waals surface area (Å²) in [6.45, 7) is 5.56. The summed E-state index contributed by atoms with van der Waals surface area (Å²) in [4.78, 5) is 0. The van der Waals surface area contributed by atoms with Crippen LogP contribution in [0.2, 0.25) is 0 Å². The van der Waals surface area contributed by atoms with Crippen LogP contribution in [0.3, 0.4) is 0 Å². The van der Waals surface area contributed by atoms with Crippen molar-refractivity contribution < 1.29 is 9.47 Å². The van der Waals surface area contributed by atoms with E-state index in [1.807, 2.05) is 31.2 Å². The second-order valence-electron chi connectivity index (χ2n) is 6.00. The van der Waals surface area contributed by atoms with E-state index in [9.17, 15) is 0 Å². The fourth-order valence-electron chi connectivity index (χ4n) is 3.08. The number of rotatable bonds is 7. The van der Waals surface area contributed by atoms with Crippen LogP contribution in [0, 0.1) is 5.92 Å². The van der Waals surface area contributed by atoms with Crippen LogP contribution in [-0.2, 0) is 4.74 Å². The maximum atomic E-state index is 6.24. The third-order valence-corrected chi connectivity index (χ3v) is 4.44. The Balaban J connectivity index is 1.79. The van der Waals surface area contributed by atoms with Crippen LogP contribution < -0.4 is 10.5 Å². The molecule has 0 amide bonds. The highest BCUT2D eigenvalue weighted by molar-refractivity contribution is 5.29. The topological polar surface area (TPSA) is 44.5 Å². The minimum atomic E-state index is -0.0531. The molecule has 1 fully saturated rings. The van der Waals surface area contributed by atoms with E-state index in [2.05, 4.69) is 6.92 Å². The van der Waals surface area contributed by atoms with Gasteiger partial charge in [0.05, 0.1) is 25.4 Å². The lowest BCUT2D eigenvalue weighted by Crippen LogP contribution is -2.26. The Morgan fingerprint density at radius 3 is 2.62 bits per heavy atom. The molecule has 3 heteroatoms. The lowest BCUT2D eigenvalue weighted by Gasteiger charge is -2.29. The predicted octanol–water partition coefficient (Wildman–Crippen LogP) is 4.07. The Morgan fingerprint density at radius 2 is 1.95 bits per heavy atom. The second kappa shape index (κ2) is 8.40. The molecular formula is C18H29NO2. The number of hydrogen-bond acceptors (Lipinski definition) is 3. The average molecular weight is 291 g/mol. The summed E-state index contributed by atoms with van der Waals surface area (Å²) in [7, 11) is 0. The van der Waals surface area contributed by atoms with Crippen molar-refractivity contribution in [1.29, 1.82) is 0 Å². The van der Waals surface area contributed by atoms with Crippen LogP contribution in [-0.4, -0.2) is 19.3 Å². The Labute approximate surface area is 128 Å². The summed E-state index contributed by atoms with van der Waals surface area (Å²) in [5.41, 5.74) is 7.35. The Kier molecular flexibility index (Phi) is 6.52. The molecule has 118 valence electrons. The van der Waals surface area contributed by atoms with Crippen LogP contribution >= 0.6 is 0 Å². The molecule has 0 saturated heterocycles. The summed E-state index contributed by atoms with van der Waals surface area (Å²) in [6.07, 6.45) is 6.71. The molecule has 3 atom stereocenters. The van der Waals surface area contributed by atoms with Gasteiger partial charge in [0.15, 0.2) is 0 Å². The van der Waals surface area contributed by atoms with E-state index in [1.54, 1.807) is 0 Å². The molecule has 1 aliphatic carbocycles. The van der Waals surface area contributed by atoms with Crippen molar-refractivity contribution in [2.75, 3.05) is 13.2 Å². The highest BCUT2D eigenvalue weighted by Gasteiger charge is 2.22. The Hall–Kier alpha value is -1.06. The molecule has 3 unspecified atom stereocenters. The van der Waals surface area contributed by atoms with E-state index in [0.717, 1.165) is 17.2 Å². The molecule has 2 N–H and O–H groups in total. The van der Waals surface area contributed by atoms with Crippen molar-refractivity contribution in [1.82, 2.24) is 0 Å². The minimum Gasteiger partial charge on any atom is -0.494 e. The van der Waals surface area contributed by atoms with Gasteiger partial charge in [-0.25, -0.2) is 0 Å². The molecule has 0 aromatic heterocycles. The zero-order valence-corrected chi connectivity index (χ0v) is 13.4. The number of ether oxygens (including phenoxy) is 2. The van der Waals surface area contributed by atoms with E-state index in [1.165, 1.54) is 32.1 Å². The zero-order valence-electron chi connectivity index (χ0n) is 13.4. The third kappa shape index (κ3) is 5.01. The highest BCUT2D eigenvalue weighted by atomic mass is 16.5. The first kappa shape index (κ1) is 16.3. The lowest BCUT2D eigenvalue weighted by atomic mass is 9.85. The standard InChI is InChI=1S/C18H29NO2/c1-3-14-6-5-7-17(12-14)21-13-18(19)15-8-10-16(11-9-15)20-4-2/h8-11,14,17-18H,3-7,12-13,19H2,1-2H3. The molecule has 0 spiro atoms. The van der Waals surface area contributed by atoms with E-state index < -0.39 is 0 Å². The molecule has 0 radical (unpaired) electrons. The summed E-state index contributed by atoms with van der Waals surface area (Å²) in [5, 5.41) is 0. The average Bonchev–Trinajstić information content (AvgIpc) is 2.54. The summed E-state index contributed by atoms with van der Waals surface area (Å²) >= 11 is 0. The SMILES string of the molecule is CCOc1ccc(C(N)COC2CCCC(CC)C2)cc1. The molecule has 0 heterocycles. The summed E-state index contributed by atoms with van der Waals surface area (Å²) in [6, 6.07) is 7.98. The quantitative estimate of drug-likeness (QED) is 0.823. The van der Waals surface area contributed by atoms with Crippen LogP contribution in [0.4, 0.5) is 0 Å². The van der Waals surface area contributed by atoms with Gasteiger partial charge in [-0.1, -0.05) is 38.3 Å². The largest absolute Gasteiger partial charge is 0.494 e. The molecule has 1 saturated carbocycles. The first-order valence-electron chi connectivity index (χ1n) is 8.32. The van der Waals surface area contributed by atoms with Crippen molar-refractivity contribution in [3.8, 4) is 5.75 Å². The molecular weight excluding hydrogens is 262 g/mol. The first-order valence-corrected chi connectivity index (χ1v) is 8.32. The molecule has 0 bridgehead atoms. The van der Waals surface area contributed by atoms with Gasteiger partial charge >= 0.3 is 0 Å². The van der Waals surface area contributed by atoms with Gasteiger partial charge in [0.1, 0.15) is 5.75 Å². The van der Waals surface area contributed by atoms with Crippen molar-refractivity contribution in [2.24, 2.45) is 11.7 Å². The number of hydrogen-bond donors (Lipinski definition) is 1. The molecule has 3 nitrogen and oxygen atoms in total. The normalized spacial score (nSPS) is 23.8. The van der Waals surface area contributed by atoms with Gasteiger partial charge in [-0.2, -0.15) is 0 Å². The molecule has 1 aromatic carbocycles. The summed E-state index contributed by atoms with van der Waals surface area (Å²) < 4.78 is 11.5. The number of benzene rings is 1. The Morgan fingerprint density at radius 1 is 1.19 bits per heavy atom. The monoisotopic (exact) mass is 291 g/mol. The van der Waals surface area contributed by atoms with Crippen molar-refractivity contribution >= 4 is 0 Å². The number of nitrogens with two attached hydrogens (primary N) is 1. The van der Waals surface area contributed by atoms with Gasteiger partial charge in [0.25, 0.3) is 0 Å². The van der Waals surface area contributed by atoms with Crippen LogP contribution in [0.5, 0.6) is 5.75 Å². The maximum absolute atomic E-state index is 6.24. The lowest BCUT2D eigenvalue weighted by molar-refractivity contribution is 0.00561. The van der Waals surface area contributed by atoms with Gasteiger partial charge in [0, 0.05) is 0 Å². The first-order chi connectivity index (χ1) is 10.2. The summed E-state index contributed by atoms with van der Waals surface area (Å²) in [5.74, 6) is 1.73. The molecule has 21 heavy (non-hydrogen) atoms. The van der Waals surface area contributed by atoms with Crippen LogP contribution in [0.15, 0.2) is 24.3 Å². The van der Waals surface area contributed by atoms with Gasteiger partial charge in [-0.15, -0.1) is 0 Å². The van der Waals surface area contributed by atoms with E-state index in [-0.39, 0.29) is 6.04 Å². The maximum Gasteiger partial charge on any atom is 0.119 e. The van der Waals surface area contributed by atoms with Gasteiger partial charge in [0.2, 0.25) is 0 Å². The third-order valence-electron chi connectivity index (χ3n) is 4.44. The molecule has 0 aliphatic heterocycles. The van der Waals surface area contributed by atoms with Gasteiger partial charge in [-0.3, -0.25) is 0 Å². The highest BCUT2D eigenvalue weighted by Crippen LogP contribution is 2.29. The Bertz CT molecular complexity index is 404. The van der Waals surface area contributed by atoms with Crippen molar-refractivity contribution in [2.45, 2.75) is 58.1 Å². The van der Waals surface area contributed by atoms with Crippen LogP contribution in [0.25, 0.3) is 0 Å². The van der Waals surface area contributed by atoms with Crippen molar-refractivity contribution in [3.05, 3.63) is 29.8 Å². The van der Waals surface area contributed by atoms with E-state index in [4.69, 9.17) is 15.2 Å². The minimum absolute atomic E-state index is 0.0531. The second-order valence-corrected chi connectivity index (χ2v) is 6.00. The smallest absolute Gasteiger partial charge is 0.119 e. The van der Waals surface area contributed by atoms with Gasteiger partial charge in [-0.05, 0) is 43.4 Å². The molecule has 1 aliphatic rings. The van der Waals surface area contributed by atoms with Crippen molar-refractivity contribution in [3.63, 3.8) is 0 Å². The van der Waals surface area contributed by atoms with Crippen LogP contribution in [0.1, 0.15) is 57.6 Å². The predicted molar refractivity (Wildman–Crippen MR) is 86.5 cm³/mol. The zero-order chi connectivity index (χ0) is 15.1.